The molecule has 0 radical (unpaired) electrons. The Hall–Kier alpha value is -0.160. The second-order valence-corrected chi connectivity index (χ2v) is 6.71. The van der Waals surface area contributed by atoms with Crippen LogP contribution >= 0.6 is 0 Å². The van der Waals surface area contributed by atoms with E-state index < -0.39 is 0 Å². The zero-order valence-corrected chi connectivity index (χ0v) is 12.7. The van der Waals surface area contributed by atoms with E-state index in [4.69, 9.17) is 10.6 Å². The van der Waals surface area contributed by atoms with Gasteiger partial charge in [0.05, 0.1) is 0 Å². The highest BCUT2D eigenvalue weighted by atomic mass is 16.5. The Balaban J connectivity index is 1.93. The Morgan fingerprint density at radius 3 is 2.42 bits per heavy atom. The van der Waals surface area contributed by atoms with Crippen molar-refractivity contribution in [2.75, 3.05) is 26.3 Å². The molecule has 0 bridgehead atoms. The van der Waals surface area contributed by atoms with E-state index >= 15 is 0 Å². The van der Waals surface area contributed by atoms with Crippen LogP contribution in [-0.4, -0.2) is 42.8 Å². The maximum Gasteiger partial charge on any atom is 0.0468 e. The van der Waals surface area contributed by atoms with Gasteiger partial charge < -0.3 is 4.74 Å². The van der Waals surface area contributed by atoms with Gasteiger partial charge in [0.15, 0.2) is 0 Å². The van der Waals surface area contributed by atoms with E-state index in [1.165, 1.54) is 51.6 Å². The summed E-state index contributed by atoms with van der Waals surface area (Å²) >= 11 is 0. The summed E-state index contributed by atoms with van der Waals surface area (Å²) in [7, 11) is 0. The van der Waals surface area contributed by atoms with Gasteiger partial charge in [-0.3, -0.25) is 16.2 Å². The molecular formula is C15H31N3O. The largest absolute Gasteiger partial charge is 0.381 e. The number of hydrogen-bond donors (Lipinski definition) is 2. The first-order valence-electron chi connectivity index (χ1n) is 7.93. The molecular weight excluding hydrogens is 238 g/mol. The van der Waals surface area contributed by atoms with Crippen LogP contribution in [0.3, 0.4) is 0 Å². The van der Waals surface area contributed by atoms with Gasteiger partial charge >= 0.3 is 0 Å². The number of piperidine rings is 1. The van der Waals surface area contributed by atoms with Crippen LogP contribution in [0, 0.1) is 5.92 Å². The molecule has 1 atom stereocenters. The van der Waals surface area contributed by atoms with Gasteiger partial charge in [0.25, 0.3) is 0 Å². The molecule has 2 rings (SSSR count). The summed E-state index contributed by atoms with van der Waals surface area (Å²) in [5.74, 6) is 6.64. The highest BCUT2D eigenvalue weighted by molar-refractivity contribution is 4.94. The van der Waals surface area contributed by atoms with Gasteiger partial charge in [-0.2, -0.15) is 0 Å². The average Bonchev–Trinajstić information content (AvgIpc) is 2.46. The number of nitrogens with two attached hydrogens (primary N) is 1. The van der Waals surface area contributed by atoms with Crippen molar-refractivity contribution in [1.29, 1.82) is 0 Å². The van der Waals surface area contributed by atoms with Crippen molar-refractivity contribution in [3.05, 3.63) is 0 Å². The Labute approximate surface area is 118 Å². The standard InChI is InChI=1S/C15H31N3O/c1-15(2,18-8-4-3-5-9-18)14(17-16)12-13-6-10-19-11-7-13/h13-14,17H,3-12,16H2,1-2H3. The molecule has 4 nitrogen and oxygen atoms in total. The van der Waals surface area contributed by atoms with E-state index in [2.05, 4.69) is 24.2 Å². The van der Waals surface area contributed by atoms with Crippen molar-refractivity contribution in [2.24, 2.45) is 11.8 Å². The van der Waals surface area contributed by atoms with Gasteiger partial charge in [0.1, 0.15) is 0 Å². The molecule has 0 aromatic carbocycles. The second kappa shape index (κ2) is 7.02. The fraction of sp³-hybridized carbons (Fsp3) is 1.00. The third kappa shape index (κ3) is 3.91. The number of hydrazine groups is 1. The first-order chi connectivity index (χ1) is 9.14. The first kappa shape index (κ1) is 15.2. The summed E-state index contributed by atoms with van der Waals surface area (Å²) in [5.41, 5.74) is 3.25. The van der Waals surface area contributed by atoms with Gasteiger partial charge in [0, 0.05) is 24.8 Å². The normalized spacial score (nSPS) is 25.4. The van der Waals surface area contributed by atoms with Crippen LogP contribution in [0.2, 0.25) is 0 Å². The third-order valence-corrected chi connectivity index (χ3v) is 5.13. The molecule has 0 saturated carbocycles. The zero-order chi connectivity index (χ0) is 13.7. The van der Waals surface area contributed by atoms with Crippen molar-refractivity contribution >= 4 is 0 Å². The molecule has 0 amide bonds. The summed E-state index contributed by atoms with van der Waals surface area (Å²) in [6, 6.07) is 0.369. The molecule has 2 aliphatic heterocycles. The molecule has 4 heteroatoms. The molecule has 0 spiro atoms. The average molecular weight is 269 g/mol. The monoisotopic (exact) mass is 269 g/mol. The lowest BCUT2D eigenvalue weighted by atomic mass is 9.82. The second-order valence-electron chi connectivity index (χ2n) is 6.71. The smallest absolute Gasteiger partial charge is 0.0468 e. The summed E-state index contributed by atoms with van der Waals surface area (Å²) in [5, 5.41) is 0. The number of rotatable bonds is 5. The Morgan fingerprint density at radius 1 is 1.21 bits per heavy atom. The lowest BCUT2D eigenvalue weighted by Crippen LogP contribution is -2.61. The van der Waals surface area contributed by atoms with Crippen LogP contribution < -0.4 is 11.3 Å². The Kier molecular flexibility index (Phi) is 5.63. The molecule has 2 heterocycles. The van der Waals surface area contributed by atoms with Crippen molar-refractivity contribution in [3.63, 3.8) is 0 Å². The minimum absolute atomic E-state index is 0.146. The van der Waals surface area contributed by atoms with Gasteiger partial charge in [-0.1, -0.05) is 6.42 Å². The van der Waals surface area contributed by atoms with Crippen LogP contribution in [0.5, 0.6) is 0 Å². The summed E-state index contributed by atoms with van der Waals surface area (Å²) < 4.78 is 5.45. The van der Waals surface area contributed by atoms with E-state index in [0.717, 1.165) is 19.1 Å². The van der Waals surface area contributed by atoms with E-state index in [0.29, 0.717) is 6.04 Å². The molecule has 0 aromatic rings. The number of nitrogens with zero attached hydrogens (tertiary/aromatic N) is 1. The predicted molar refractivity (Wildman–Crippen MR) is 78.8 cm³/mol. The topological polar surface area (TPSA) is 50.5 Å². The molecule has 0 aliphatic carbocycles. The highest BCUT2D eigenvalue weighted by Crippen LogP contribution is 2.29. The van der Waals surface area contributed by atoms with Crippen molar-refractivity contribution in [1.82, 2.24) is 10.3 Å². The maximum absolute atomic E-state index is 5.87. The number of likely N-dealkylation sites (tertiary alicyclic amines) is 1. The van der Waals surface area contributed by atoms with E-state index in [9.17, 15) is 0 Å². The minimum atomic E-state index is 0.146. The summed E-state index contributed by atoms with van der Waals surface area (Å²) in [4.78, 5) is 2.63. The molecule has 3 N–H and O–H groups in total. The quantitative estimate of drug-likeness (QED) is 0.591. The van der Waals surface area contributed by atoms with Crippen LogP contribution in [0.4, 0.5) is 0 Å². The molecule has 2 fully saturated rings. The van der Waals surface area contributed by atoms with Gasteiger partial charge in [0.2, 0.25) is 0 Å². The maximum atomic E-state index is 5.87. The predicted octanol–water partition coefficient (Wildman–Crippen LogP) is 1.90. The fourth-order valence-electron chi connectivity index (χ4n) is 3.57. The summed E-state index contributed by atoms with van der Waals surface area (Å²) in [6.07, 6.45) is 7.59. The van der Waals surface area contributed by atoms with Crippen LogP contribution in [0.15, 0.2) is 0 Å². The highest BCUT2D eigenvalue weighted by Gasteiger charge is 2.36. The fourth-order valence-corrected chi connectivity index (χ4v) is 3.57. The van der Waals surface area contributed by atoms with Crippen LogP contribution in [0.25, 0.3) is 0 Å². The van der Waals surface area contributed by atoms with E-state index in [1.807, 2.05) is 0 Å². The first-order valence-corrected chi connectivity index (χ1v) is 7.93. The van der Waals surface area contributed by atoms with Crippen molar-refractivity contribution in [3.8, 4) is 0 Å². The molecule has 2 aliphatic rings. The van der Waals surface area contributed by atoms with Crippen molar-refractivity contribution < 1.29 is 4.74 Å². The zero-order valence-electron chi connectivity index (χ0n) is 12.7. The number of ether oxygens (including phenoxy) is 1. The SMILES string of the molecule is CC(C)(C(CC1CCOCC1)NN)N1CCCCC1. The van der Waals surface area contributed by atoms with Crippen LogP contribution in [-0.2, 0) is 4.74 Å². The summed E-state index contributed by atoms with van der Waals surface area (Å²) in [6.45, 7) is 8.99. The Bertz CT molecular complexity index is 258. The lowest BCUT2D eigenvalue weighted by Gasteiger charge is -2.46. The van der Waals surface area contributed by atoms with Crippen LogP contribution in [0.1, 0.15) is 52.4 Å². The number of nitrogens with one attached hydrogen (secondary N) is 1. The molecule has 2 saturated heterocycles. The molecule has 1 unspecified atom stereocenters. The minimum Gasteiger partial charge on any atom is -0.381 e. The Morgan fingerprint density at radius 2 is 1.84 bits per heavy atom. The number of hydrogen-bond acceptors (Lipinski definition) is 4. The van der Waals surface area contributed by atoms with Crippen molar-refractivity contribution in [2.45, 2.75) is 64.0 Å². The van der Waals surface area contributed by atoms with E-state index in [-0.39, 0.29) is 5.54 Å². The lowest BCUT2D eigenvalue weighted by molar-refractivity contribution is 0.0285. The molecule has 19 heavy (non-hydrogen) atoms. The van der Waals surface area contributed by atoms with Gasteiger partial charge in [-0.05, 0) is 65.0 Å². The third-order valence-electron chi connectivity index (χ3n) is 5.13. The molecule has 0 aromatic heterocycles. The van der Waals surface area contributed by atoms with E-state index in [1.54, 1.807) is 0 Å². The van der Waals surface area contributed by atoms with Gasteiger partial charge in [-0.25, -0.2) is 0 Å². The molecule has 112 valence electrons. The van der Waals surface area contributed by atoms with Gasteiger partial charge in [-0.15, -0.1) is 0 Å².